The van der Waals surface area contributed by atoms with Crippen molar-refractivity contribution < 1.29 is 19.4 Å². The SMILES string of the molecule is CC(=O)NC(Cl)CCCCCCCCCOc1ccc(C(=O)O)c(C)c1. The van der Waals surface area contributed by atoms with E-state index >= 15 is 0 Å². The summed E-state index contributed by atoms with van der Waals surface area (Å²) in [6.07, 6.45) is 8.64. The molecule has 0 heterocycles. The van der Waals surface area contributed by atoms with Crippen molar-refractivity contribution >= 4 is 23.5 Å². The first-order chi connectivity index (χ1) is 12.4. The molecule has 0 aliphatic heterocycles. The van der Waals surface area contributed by atoms with Gasteiger partial charge in [0.15, 0.2) is 0 Å². The molecule has 0 saturated carbocycles. The first kappa shape index (κ1) is 22.3. The molecule has 0 aliphatic carbocycles. The Labute approximate surface area is 161 Å². The number of amides is 1. The number of aromatic carboxylic acids is 1. The summed E-state index contributed by atoms with van der Waals surface area (Å²) < 4.78 is 5.68. The quantitative estimate of drug-likeness (QED) is 0.289. The number of rotatable bonds is 13. The Kier molecular flexibility index (Phi) is 10.8. The largest absolute Gasteiger partial charge is 0.494 e. The lowest BCUT2D eigenvalue weighted by molar-refractivity contribution is -0.119. The van der Waals surface area contributed by atoms with Crippen LogP contribution in [0, 0.1) is 6.92 Å². The summed E-state index contributed by atoms with van der Waals surface area (Å²) in [5.74, 6) is -0.270. The molecule has 146 valence electrons. The molecule has 0 radical (unpaired) electrons. The first-order valence-corrected chi connectivity index (χ1v) is 9.71. The molecule has 0 aromatic heterocycles. The molecule has 0 bridgehead atoms. The van der Waals surface area contributed by atoms with Crippen LogP contribution in [-0.2, 0) is 4.79 Å². The van der Waals surface area contributed by atoms with Gasteiger partial charge < -0.3 is 15.2 Å². The molecule has 26 heavy (non-hydrogen) atoms. The number of hydrogen-bond acceptors (Lipinski definition) is 3. The molecule has 1 amide bonds. The van der Waals surface area contributed by atoms with E-state index in [-0.39, 0.29) is 11.4 Å². The minimum atomic E-state index is -0.911. The normalized spacial score (nSPS) is 11.8. The van der Waals surface area contributed by atoms with E-state index in [9.17, 15) is 9.59 Å². The zero-order valence-corrected chi connectivity index (χ0v) is 16.5. The zero-order valence-electron chi connectivity index (χ0n) is 15.7. The molecule has 5 nitrogen and oxygen atoms in total. The van der Waals surface area contributed by atoms with Crippen molar-refractivity contribution in [1.29, 1.82) is 0 Å². The highest BCUT2D eigenvalue weighted by atomic mass is 35.5. The minimum Gasteiger partial charge on any atom is -0.494 e. The Morgan fingerprint density at radius 1 is 1.12 bits per heavy atom. The lowest BCUT2D eigenvalue weighted by Gasteiger charge is -2.10. The van der Waals surface area contributed by atoms with E-state index in [0.29, 0.717) is 17.7 Å². The fourth-order valence-electron chi connectivity index (χ4n) is 2.76. The van der Waals surface area contributed by atoms with E-state index < -0.39 is 5.97 Å². The number of hydrogen-bond donors (Lipinski definition) is 2. The van der Waals surface area contributed by atoms with Gasteiger partial charge in [0, 0.05) is 6.92 Å². The molecule has 2 N–H and O–H groups in total. The van der Waals surface area contributed by atoms with E-state index in [0.717, 1.165) is 37.9 Å². The van der Waals surface area contributed by atoms with Crippen LogP contribution in [0.15, 0.2) is 18.2 Å². The summed E-state index contributed by atoms with van der Waals surface area (Å²) in [5.41, 5.74) is 0.778. The van der Waals surface area contributed by atoms with E-state index in [4.69, 9.17) is 21.4 Å². The Morgan fingerprint density at radius 3 is 2.31 bits per heavy atom. The molecule has 0 spiro atoms. The highest BCUT2D eigenvalue weighted by Crippen LogP contribution is 2.18. The lowest BCUT2D eigenvalue weighted by Crippen LogP contribution is -2.28. The number of carboxylic acids is 1. The van der Waals surface area contributed by atoms with Crippen molar-refractivity contribution in [1.82, 2.24) is 5.32 Å². The molecule has 1 aromatic rings. The van der Waals surface area contributed by atoms with Crippen LogP contribution < -0.4 is 10.1 Å². The fraction of sp³-hybridized carbons (Fsp3) is 0.600. The van der Waals surface area contributed by atoms with Crippen LogP contribution in [0.1, 0.15) is 74.2 Å². The predicted molar refractivity (Wildman–Crippen MR) is 104 cm³/mol. The second kappa shape index (κ2) is 12.6. The molecular formula is C20H30ClNO4. The third kappa shape index (κ3) is 9.66. The van der Waals surface area contributed by atoms with Crippen molar-refractivity contribution in [2.45, 2.75) is 70.7 Å². The van der Waals surface area contributed by atoms with Gasteiger partial charge >= 0.3 is 5.97 Å². The smallest absolute Gasteiger partial charge is 0.335 e. The van der Waals surface area contributed by atoms with Crippen molar-refractivity contribution in [3.8, 4) is 5.75 Å². The average molecular weight is 384 g/mol. The van der Waals surface area contributed by atoms with Crippen molar-refractivity contribution in [3.63, 3.8) is 0 Å². The van der Waals surface area contributed by atoms with E-state index in [1.54, 1.807) is 25.1 Å². The molecule has 6 heteroatoms. The highest BCUT2D eigenvalue weighted by molar-refractivity contribution is 6.21. The van der Waals surface area contributed by atoms with Gasteiger partial charge in [0.2, 0.25) is 5.91 Å². The molecule has 0 saturated heterocycles. The summed E-state index contributed by atoms with van der Waals surface area (Å²) >= 11 is 5.98. The van der Waals surface area contributed by atoms with Gasteiger partial charge in [0.05, 0.1) is 12.2 Å². The monoisotopic (exact) mass is 383 g/mol. The number of aryl methyl sites for hydroxylation is 1. The Bertz CT molecular complexity index is 577. The summed E-state index contributed by atoms with van der Waals surface area (Å²) in [6.45, 7) is 3.90. The van der Waals surface area contributed by atoms with Crippen LogP contribution in [0.2, 0.25) is 0 Å². The van der Waals surface area contributed by atoms with Gasteiger partial charge in [0.1, 0.15) is 11.3 Å². The number of ether oxygens (including phenoxy) is 1. The molecule has 1 rings (SSSR count). The first-order valence-electron chi connectivity index (χ1n) is 9.28. The number of alkyl halides is 1. The van der Waals surface area contributed by atoms with Crippen LogP contribution in [-0.4, -0.2) is 29.1 Å². The Hall–Kier alpha value is -1.75. The molecule has 1 atom stereocenters. The van der Waals surface area contributed by atoms with Gasteiger partial charge in [-0.2, -0.15) is 0 Å². The highest BCUT2D eigenvalue weighted by Gasteiger charge is 2.07. The van der Waals surface area contributed by atoms with Crippen LogP contribution in [0.25, 0.3) is 0 Å². The molecule has 1 unspecified atom stereocenters. The molecular weight excluding hydrogens is 354 g/mol. The maximum Gasteiger partial charge on any atom is 0.335 e. The Morgan fingerprint density at radius 2 is 1.73 bits per heavy atom. The van der Waals surface area contributed by atoms with E-state index in [1.165, 1.54) is 26.2 Å². The zero-order chi connectivity index (χ0) is 19.4. The molecule has 0 fully saturated rings. The van der Waals surface area contributed by atoms with Gasteiger partial charge in [-0.05, 0) is 43.5 Å². The third-order valence-corrected chi connectivity index (χ3v) is 4.49. The second-order valence-electron chi connectivity index (χ2n) is 6.56. The summed E-state index contributed by atoms with van der Waals surface area (Å²) in [6, 6.07) is 5.07. The number of nitrogens with one attached hydrogen (secondary N) is 1. The standard InChI is InChI=1S/C20H30ClNO4/c1-15-14-17(11-12-18(15)20(24)25)26-13-9-7-5-3-4-6-8-10-19(21)22-16(2)23/h11-12,14,19H,3-10,13H2,1-2H3,(H,22,23)(H,24,25). The summed E-state index contributed by atoms with van der Waals surface area (Å²) in [4.78, 5) is 21.8. The lowest BCUT2D eigenvalue weighted by atomic mass is 10.1. The van der Waals surface area contributed by atoms with Crippen LogP contribution in [0.3, 0.4) is 0 Å². The Balaban J connectivity index is 2.00. The van der Waals surface area contributed by atoms with Crippen molar-refractivity contribution in [3.05, 3.63) is 29.3 Å². The summed E-state index contributed by atoms with van der Waals surface area (Å²) in [7, 11) is 0. The number of carbonyl (C=O) groups excluding carboxylic acids is 1. The predicted octanol–water partition coefficient (Wildman–Crippen LogP) is 4.89. The molecule has 0 aliphatic rings. The average Bonchev–Trinajstić information content (AvgIpc) is 2.55. The number of halogens is 1. The van der Waals surface area contributed by atoms with Crippen LogP contribution >= 0.6 is 11.6 Å². The minimum absolute atomic E-state index is 0.0831. The third-order valence-electron chi connectivity index (χ3n) is 4.16. The number of unbranched alkanes of at least 4 members (excludes halogenated alkanes) is 6. The van der Waals surface area contributed by atoms with Crippen molar-refractivity contribution in [2.24, 2.45) is 0 Å². The van der Waals surface area contributed by atoms with Gasteiger partial charge in [-0.25, -0.2) is 4.79 Å². The number of carboxylic acid groups (broad SMARTS) is 1. The fourth-order valence-corrected chi connectivity index (χ4v) is 3.07. The van der Waals surface area contributed by atoms with E-state index in [2.05, 4.69) is 5.32 Å². The number of benzene rings is 1. The molecule has 1 aromatic carbocycles. The maximum absolute atomic E-state index is 11.0. The van der Waals surface area contributed by atoms with Crippen LogP contribution in [0.5, 0.6) is 5.75 Å². The van der Waals surface area contributed by atoms with Gasteiger partial charge in [-0.3, -0.25) is 4.79 Å². The van der Waals surface area contributed by atoms with Crippen LogP contribution in [0.4, 0.5) is 0 Å². The van der Waals surface area contributed by atoms with Gasteiger partial charge in [0.25, 0.3) is 0 Å². The number of carbonyl (C=O) groups is 2. The second-order valence-corrected chi connectivity index (χ2v) is 7.09. The topological polar surface area (TPSA) is 75.6 Å². The summed E-state index contributed by atoms with van der Waals surface area (Å²) in [5, 5.41) is 11.7. The van der Waals surface area contributed by atoms with E-state index in [1.807, 2.05) is 0 Å². The van der Waals surface area contributed by atoms with Crippen molar-refractivity contribution in [2.75, 3.05) is 6.61 Å². The maximum atomic E-state index is 11.0. The van der Waals surface area contributed by atoms with Gasteiger partial charge in [-0.15, -0.1) is 0 Å². The van der Waals surface area contributed by atoms with Gasteiger partial charge in [-0.1, -0.05) is 50.1 Å².